The molecule has 0 saturated carbocycles. The van der Waals surface area contributed by atoms with Gasteiger partial charge in [-0.2, -0.15) is 0 Å². The monoisotopic (exact) mass is 548 g/mol. The van der Waals surface area contributed by atoms with Crippen molar-refractivity contribution in [2.24, 2.45) is 0 Å². The molecule has 40 heavy (non-hydrogen) atoms. The Balaban J connectivity index is 0.000000267. The van der Waals surface area contributed by atoms with Crippen LogP contribution in [0.5, 0.6) is 0 Å². The lowest BCUT2D eigenvalue weighted by molar-refractivity contribution is 0.0686. The van der Waals surface area contributed by atoms with Crippen molar-refractivity contribution in [2.45, 2.75) is 0 Å². The van der Waals surface area contributed by atoms with Crippen LogP contribution in [0.3, 0.4) is 0 Å². The molecule has 0 amide bonds. The number of benzene rings is 4. The van der Waals surface area contributed by atoms with Crippen LogP contribution in [0.2, 0.25) is 0 Å². The molecule has 4 rings (SSSR count). The van der Waals surface area contributed by atoms with E-state index >= 15 is 0 Å². The fourth-order valence-corrected chi connectivity index (χ4v) is 2.63. The van der Waals surface area contributed by atoms with Crippen molar-refractivity contribution < 1.29 is 39.6 Å². The van der Waals surface area contributed by atoms with Crippen LogP contribution < -0.4 is 22.9 Å². The molecule has 4 aromatic carbocycles. The summed E-state index contributed by atoms with van der Waals surface area (Å²) in [5, 5.41) is 33.8. The van der Waals surface area contributed by atoms with Gasteiger partial charge in [0.25, 0.3) is 0 Å². The van der Waals surface area contributed by atoms with Crippen molar-refractivity contribution in [3.05, 3.63) is 119 Å². The number of rotatable bonds is 4. The van der Waals surface area contributed by atoms with Crippen LogP contribution in [0.15, 0.2) is 97.1 Å². The fraction of sp³-hybridized carbons (Fsp3) is 0. The van der Waals surface area contributed by atoms with Gasteiger partial charge in [0.1, 0.15) is 0 Å². The highest BCUT2D eigenvalue weighted by Gasteiger charge is 2.05. The van der Waals surface area contributed by atoms with E-state index < -0.39 is 23.9 Å². The molecule has 0 aliphatic heterocycles. The van der Waals surface area contributed by atoms with Crippen molar-refractivity contribution >= 4 is 46.6 Å². The third-order valence-corrected chi connectivity index (χ3v) is 4.70. The summed E-state index contributed by atoms with van der Waals surface area (Å²) in [6, 6.07) is 24.8. The maximum absolute atomic E-state index is 10.3. The fourth-order valence-electron chi connectivity index (χ4n) is 2.63. The van der Waals surface area contributed by atoms with Crippen molar-refractivity contribution in [3.8, 4) is 0 Å². The second-order valence-corrected chi connectivity index (χ2v) is 7.64. The average Bonchev–Trinajstić information content (AvgIpc) is 2.90. The highest BCUT2D eigenvalue weighted by molar-refractivity contribution is 5.94. The van der Waals surface area contributed by atoms with Gasteiger partial charge >= 0.3 is 23.9 Å². The molecule has 0 unspecified atom stereocenters. The first kappa shape index (κ1) is 32.0. The maximum atomic E-state index is 10.3. The molecule has 12 N–H and O–H groups in total. The normalized spacial score (nSPS) is 9.20. The number of nitrogens with two attached hydrogens (primary N) is 4. The van der Waals surface area contributed by atoms with Crippen molar-refractivity contribution in [1.29, 1.82) is 0 Å². The van der Waals surface area contributed by atoms with E-state index in [0.717, 1.165) is 0 Å². The van der Waals surface area contributed by atoms with Crippen LogP contribution in [0.1, 0.15) is 41.4 Å². The second kappa shape index (κ2) is 15.9. The number of carboxylic acid groups (broad SMARTS) is 4. The van der Waals surface area contributed by atoms with Gasteiger partial charge < -0.3 is 43.4 Å². The first-order chi connectivity index (χ1) is 18.8. The van der Waals surface area contributed by atoms with Crippen LogP contribution in [-0.4, -0.2) is 44.3 Å². The lowest BCUT2D eigenvalue weighted by Gasteiger charge is -1.96. The van der Waals surface area contributed by atoms with Gasteiger partial charge in [0.05, 0.1) is 22.3 Å². The summed E-state index contributed by atoms with van der Waals surface area (Å²) in [7, 11) is 0. The highest BCUT2D eigenvalue weighted by Crippen LogP contribution is 2.10. The minimum absolute atomic E-state index is 0.155. The van der Waals surface area contributed by atoms with Gasteiger partial charge in [-0.25, -0.2) is 19.2 Å². The maximum Gasteiger partial charge on any atom is 0.337 e. The topological polar surface area (TPSA) is 253 Å². The molecule has 12 heteroatoms. The Morgan fingerprint density at radius 3 is 0.875 bits per heavy atom. The van der Waals surface area contributed by atoms with Gasteiger partial charge in [-0.3, -0.25) is 0 Å². The van der Waals surface area contributed by atoms with Crippen LogP contribution >= 0.6 is 0 Å². The van der Waals surface area contributed by atoms with E-state index in [0.29, 0.717) is 22.7 Å². The lowest BCUT2D eigenvalue weighted by Crippen LogP contribution is -2.00. The molecule has 0 radical (unpaired) electrons. The van der Waals surface area contributed by atoms with E-state index in [2.05, 4.69) is 0 Å². The molecule has 0 spiro atoms. The van der Waals surface area contributed by atoms with Crippen molar-refractivity contribution in [1.82, 2.24) is 0 Å². The zero-order valence-corrected chi connectivity index (χ0v) is 21.0. The molecule has 0 aromatic heterocycles. The first-order valence-corrected chi connectivity index (χ1v) is 11.2. The van der Waals surface area contributed by atoms with E-state index in [-0.39, 0.29) is 22.3 Å². The van der Waals surface area contributed by atoms with Gasteiger partial charge in [-0.1, -0.05) is 24.3 Å². The van der Waals surface area contributed by atoms with Crippen LogP contribution in [0.25, 0.3) is 0 Å². The molecule has 0 heterocycles. The third kappa shape index (κ3) is 11.3. The molecule has 0 aliphatic carbocycles. The van der Waals surface area contributed by atoms with E-state index in [1.807, 2.05) is 0 Å². The number of carboxylic acids is 4. The van der Waals surface area contributed by atoms with Gasteiger partial charge in [-0.15, -0.1) is 0 Å². The largest absolute Gasteiger partial charge is 0.478 e. The summed E-state index contributed by atoms with van der Waals surface area (Å²) in [4.78, 5) is 41.2. The minimum atomic E-state index is -0.988. The first-order valence-electron chi connectivity index (χ1n) is 11.2. The number of anilines is 4. The lowest BCUT2D eigenvalue weighted by atomic mass is 10.2. The van der Waals surface area contributed by atoms with Crippen LogP contribution in [0, 0.1) is 0 Å². The Labute approximate surface area is 228 Å². The summed E-state index contributed by atoms with van der Waals surface area (Å²) < 4.78 is 0. The Morgan fingerprint density at radius 2 is 0.675 bits per heavy atom. The molecular weight excluding hydrogens is 520 g/mol. The quantitative estimate of drug-likeness (QED) is 0.169. The number of aromatic carboxylic acids is 4. The standard InChI is InChI=1S/4C7H7NO2/c2*8-6-3-1-5(2-4-6)7(9)10;2*8-6-4-2-1-3-5(6)7(9)10/h4*1-4H,8H2,(H,9,10). The number of hydrogen-bond acceptors (Lipinski definition) is 8. The Hall–Kier alpha value is -6.04. The summed E-state index contributed by atoms with van der Waals surface area (Å²) >= 11 is 0. The molecule has 12 nitrogen and oxygen atoms in total. The molecule has 208 valence electrons. The second-order valence-electron chi connectivity index (χ2n) is 7.64. The van der Waals surface area contributed by atoms with Gasteiger partial charge in [-0.05, 0) is 72.8 Å². The van der Waals surface area contributed by atoms with Crippen LogP contribution in [0.4, 0.5) is 22.7 Å². The molecular formula is C28H28N4O8. The Morgan fingerprint density at radius 1 is 0.400 bits per heavy atom. The smallest absolute Gasteiger partial charge is 0.337 e. The predicted molar refractivity (Wildman–Crippen MR) is 151 cm³/mol. The summed E-state index contributed by atoms with van der Waals surface area (Å²) in [5.41, 5.74) is 23.9. The van der Waals surface area contributed by atoms with Crippen LogP contribution in [-0.2, 0) is 0 Å². The number of hydrogen-bond donors (Lipinski definition) is 8. The highest BCUT2D eigenvalue weighted by atomic mass is 16.4. The molecule has 4 aromatic rings. The zero-order valence-electron chi connectivity index (χ0n) is 21.0. The molecule has 0 fully saturated rings. The van der Waals surface area contributed by atoms with E-state index in [4.69, 9.17) is 43.4 Å². The van der Waals surface area contributed by atoms with Gasteiger partial charge in [0, 0.05) is 22.7 Å². The van der Waals surface area contributed by atoms with Gasteiger partial charge in [0.2, 0.25) is 0 Å². The zero-order chi connectivity index (χ0) is 30.2. The number of para-hydroxylation sites is 2. The average molecular weight is 549 g/mol. The van der Waals surface area contributed by atoms with Crippen molar-refractivity contribution in [3.63, 3.8) is 0 Å². The number of carbonyl (C=O) groups is 4. The summed E-state index contributed by atoms with van der Waals surface area (Å²) in [6.07, 6.45) is 0. The van der Waals surface area contributed by atoms with Gasteiger partial charge in [0.15, 0.2) is 0 Å². The summed E-state index contributed by atoms with van der Waals surface area (Å²) in [5.74, 6) is -3.84. The SMILES string of the molecule is Nc1ccc(C(=O)O)cc1.Nc1ccc(C(=O)O)cc1.Nc1ccccc1C(=O)O.Nc1ccccc1C(=O)O. The van der Waals surface area contributed by atoms with E-state index in [9.17, 15) is 19.2 Å². The Bertz CT molecular complexity index is 1330. The van der Waals surface area contributed by atoms with E-state index in [1.54, 1.807) is 60.7 Å². The summed E-state index contributed by atoms with van der Waals surface area (Å²) in [6.45, 7) is 0. The molecule has 0 aliphatic rings. The Kier molecular flexibility index (Phi) is 12.7. The third-order valence-electron chi connectivity index (χ3n) is 4.70. The minimum Gasteiger partial charge on any atom is -0.478 e. The number of nitrogen functional groups attached to an aromatic ring is 4. The molecule has 0 atom stereocenters. The molecule has 0 saturated heterocycles. The predicted octanol–water partition coefficient (Wildman–Crippen LogP) is 3.87. The van der Waals surface area contributed by atoms with Crippen molar-refractivity contribution in [2.75, 3.05) is 22.9 Å². The van der Waals surface area contributed by atoms with E-state index in [1.165, 1.54) is 36.4 Å². The molecule has 0 bridgehead atoms.